The Labute approximate surface area is 133 Å². The number of hydrogen-bond donors (Lipinski definition) is 1. The van der Waals surface area contributed by atoms with Crippen LogP contribution >= 0.6 is 15.9 Å². The van der Waals surface area contributed by atoms with Crippen LogP contribution in [0.3, 0.4) is 0 Å². The third kappa shape index (κ3) is 3.94. The van der Waals surface area contributed by atoms with E-state index in [9.17, 15) is 0 Å². The van der Waals surface area contributed by atoms with E-state index < -0.39 is 0 Å². The fraction of sp³-hybridized carbons (Fsp3) is 0.375. The summed E-state index contributed by atoms with van der Waals surface area (Å²) in [6.07, 6.45) is 7.61. The summed E-state index contributed by atoms with van der Waals surface area (Å²) >= 11 is 3.39. The number of aromatic nitrogens is 2. The number of halogens is 1. The molecule has 0 atom stereocenters. The summed E-state index contributed by atoms with van der Waals surface area (Å²) in [4.78, 5) is 11.3. The Morgan fingerprint density at radius 2 is 1.86 bits per heavy atom. The Morgan fingerprint density at radius 3 is 2.52 bits per heavy atom. The SMILES string of the molecule is Brc1ccc(CNc2ccc(N3CCCCC3)nc2)nc1. The van der Waals surface area contributed by atoms with Gasteiger partial charge in [-0.15, -0.1) is 0 Å². The van der Waals surface area contributed by atoms with Crippen molar-refractivity contribution in [1.82, 2.24) is 9.97 Å². The third-order valence-electron chi connectivity index (χ3n) is 3.69. The van der Waals surface area contributed by atoms with Gasteiger partial charge in [-0.2, -0.15) is 0 Å². The molecular weight excluding hydrogens is 328 g/mol. The van der Waals surface area contributed by atoms with Crippen molar-refractivity contribution in [2.75, 3.05) is 23.3 Å². The lowest BCUT2D eigenvalue weighted by atomic mass is 10.1. The smallest absolute Gasteiger partial charge is 0.128 e. The van der Waals surface area contributed by atoms with Gasteiger partial charge >= 0.3 is 0 Å². The molecule has 0 spiro atoms. The topological polar surface area (TPSA) is 41.0 Å². The van der Waals surface area contributed by atoms with Crippen LogP contribution in [0, 0.1) is 0 Å². The lowest BCUT2D eigenvalue weighted by molar-refractivity contribution is 0.573. The maximum atomic E-state index is 4.56. The molecule has 3 heterocycles. The normalized spacial score (nSPS) is 15.0. The quantitative estimate of drug-likeness (QED) is 0.912. The number of piperidine rings is 1. The average molecular weight is 347 g/mol. The van der Waals surface area contributed by atoms with Gasteiger partial charge in [-0.05, 0) is 59.5 Å². The highest BCUT2D eigenvalue weighted by molar-refractivity contribution is 9.10. The summed E-state index contributed by atoms with van der Waals surface area (Å²) in [7, 11) is 0. The van der Waals surface area contributed by atoms with Gasteiger partial charge in [-0.25, -0.2) is 4.98 Å². The Bertz CT molecular complexity index is 562. The van der Waals surface area contributed by atoms with Crippen LogP contribution in [0.15, 0.2) is 41.1 Å². The van der Waals surface area contributed by atoms with Crippen LogP contribution in [0.25, 0.3) is 0 Å². The van der Waals surface area contributed by atoms with Crippen LogP contribution in [0.5, 0.6) is 0 Å². The lowest BCUT2D eigenvalue weighted by Gasteiger charge is -2.27. The maximum Gasteiger partial charge on any atom is 0.128 e. The minimum absolute atomic E-state index is 0.706. The summed E-state index contributed by atoms with van der Waals surface area (Å²) in [5.74, 6) is 1.09. The van der Waals surface area contributed by atoms with E-state index in [2.05, 4.69) is 48.2 Å². The number of rotatable bonds is 4. The highest BCUT2D eigenvalue weighted by Crippen LogP contribution is 2.19. The van der Waals surface area contributed by atoms with Crippen molar-refractivity contribution in [3.63, 3.8) is 0 Å². The minimum atomic E-state index is 0.706. The molecule has 1 aliphatic rings. The summed E-state index contributed by atoms with van der Waals surface area (Å²) in [5, 5.41) is 3.35. The standard InChI is InChI=1S/C16H19BrN4/c17-13-4-5-14(18-10-13)11-19-15-6-7-16(20-12-15)21-8-2-1-3-9-21/h4-7,10,12,19H,1-3,8-9,11H2. The van der Waals surface area contributed by atoms with E-state index in [4.69, 9.17) is 0 Å². The van der Waals surface area contributed by atoms with Gasteiger partial charge < -0.3 is 10.2 Å². The molecular formula is C16H19BrN4. The van der Waals surface area contributed by atoms with Crippen molar-refractivity contribution < 1.29 is 0 Å². The molecule has 1 aliphatic heterocycles. The van der Waals surface area contributed by atoms with Crippen LogP contribution in [-0.2, 0) is 6.54 Å². The predicted octanol–water partition coefficient (Wildman–Crippen LogP) is 3.84. The maximum absolute atomic E-state index is 4.56. The number of hydrogen-bond acceptors (Lipinski definition) is 4. The molecule has 2 aromatic rings. The molecule has 0 amide bonds. The number of anilines is 2. The molecule has 110 valence electrons. The van der Waals surface area contributed by atoms with Gasteiger partial charge in [0, 0.05) is 23.8 Å². The highest BCUT2D eigenvalue weighted by Gasteiger charge is 2.11. The zero-order valence-corrected chi connectivity index (χ0v) is 13.5. The number of nitrogens with zero attached hydrogens (tertiary/aromatic N) is 3. The van der Waals surface area contributed by atoms with E-state index in [0.29, 0.717) is 6.54 Å². The van der Waals surface area contributed by atoms with E-state index in [-0.39, 0.29) is 0 Å². The van der Waals surface area contributed by atoms with Gasteiger partial charge in [0.1, 0.15) is 5.82 Å². The molecule has 1 saturated heterocycles. The van der Waals surface area contributed by atoms with Crippen molar-refractivity contribution in [2.45, 2.75) is 25.8 Å². The second-order valence-corrected chi connectivity index (χ2v) is 6.19. The predicted molar refractivity (Wildman–Crippen MR) is 89.6 cm³/mol. The van der Waals surface area contributed by atoms with Gasteiger partial charge in [0.05, 0.1) is 24.1 Å². The first kappa shape index (κ1) is 14.3. The number of pyridine rings is 2. The summed E-state index contributed by atoms with van der Waals surface area (Å²) in [5.41, 5.74) is 2.04. The van der Waals surface area contributed by atoms with Crippen LogP contribution in [0.2, 0.25) is 0 Å². The molecule has 21 heavy (non-hydrogen) atoms. The first-order chi connectivity index (χ1) is 10.3. The Morgan fingerprint density at radius 1 is 1.00 bits per heavy atom. The summed E-state index contributed by atoms with van der Waals surface area (Å²) < 4.78 is 0.999. The van der Waals surface area contributed by atoms with E-state index in [0.717, 1.165) is 34.8 Å². The molecule has 3 rings (SSSR count). The largest absolute Gasteiger partial charge is 0.378 e. The van der Waals surface area contributed by atoms with Crippen molar-refractivity contribution >= 4 is 27.4 Å². The average Bonchev–Trinajstić information content (AvgIpc) is 2.56. The second kappa shape index (κ2) is 6.89. The first-order valence-corrected chi connectivity index (χ1v) is 8.16. The van der Waals surface area contributed by atoms with Crippen LogP contribution in [0.1, 0.15) is 25.0 Å². The fourth-order valence-corrected chi connectivity index (χ4v) is 2.74. The number of nitrogens with one attached hydrogen (secondary N) is 1. The van der Waals surface area contributed by atoms with E-state index >= 15 is 0 Å². The van der Waals surface area contributed by atoms with Crippen molar-refractivity contribution in [2.24, 2.45) is 0 Å². The molecule has 0 radical (unpaired) electrons. The second-order valence-electron chi connectivity index (χ2n) is 5.27. The third-order valence-corrected chi connectivity index (χ3v) is 4.16. The van der Waals surface area contributed by atoms with Crippen molar-refractivity contribution in [1.29, 1.82) is 0 Å². The monoisotopic (exact) mass is 346 g/mol. The molecule has 0 bridgehead atoms. The summed E-state index contributed by atoms with van der Waals surface area (Å²) in [6, 6.07) is 8.20. The molecule has 1 N–H and O–H groups in total. The van der Waals surface area contributed by atoms with Crippen LogP contribution in [0.4, 0.5) is 11.5 Å². The zero-order chi connectivity index (χ0) is 14.5. The molecule has 0 aromatic carbocycles. The van der Waals surface area contributed by atoms with Crippen LogP contribution in [-0.4, -0.2) is 23.1 Å². The van der Waals surface area contributed by atoms with Gasteiger partial charge in [0.25, 0.3) is 0 Å². The van der Waals surface area contributed by atoms with Gasteiger partial charge in [0.15, 0.2) is 0 Å². The summed E-state index contributed by atoms with van der Waals surface area (Å²) in [6.45, 7) is 2.96. The molecule has 5 heteroatoms. The molecule has 2 aromatic heterocycles. The fourth-order valence-electron chi connectivity index (χ4n) is 2.50. The highest BCUT2D eigenvalue weighted by atomic mass is 79.9. The van der Waals surface area contributed by atoms with E-state index in [1.54, 1.807) is 0 Å². The molecule has 0 saturated carbocycles. The Hall–Kier alpha value is -1.62. The van der Waals surface area contributed by atoms with Crippen molar-refractivity contribution in [3.05, 3.63) is 46.8 Å². The molecule has 1 fully saturated rings. The van der Waals surface area contributed by atoms with Gasteiger partial charge in [-0.3, -0.25) is 4.98 Å². The van der Waals surface area contributed by atoms with Crippen molar-refractivity contribution in [3.8, 4) is 0 Å². The first-order valence-electron chi connectivity index (χ1n) is 7.36. The lowest BCUT2D eigenvalue weighted by Crippen LogP contribution is -2.30. The minimum Gasteiger partial charge on any atom is -0.378 e. The van der Waals surface area contributed by atoms with Gasteiger partial charge in [-0.1, -0.05) is 0 Å². The van der Waals surface area contributed by atoms with E-state index in [1.807, 2.05) is 24.5 Å². The van der Waals surface area contributed by atoms with Crippen LogP contribution < -0.4 is 10.2 Å². The Kier molecular flexibility index (Phi) is 4.70. The van der Waals surface area contributed by atoms with E-state index in [1.165, 1.54) is 19.3 Å². The Balaban J connectivity index is 1.57. The molecule has 0 unspecified atom stereocenters. The molecule has 0 aliphatic carbocycles. The van der Waals surface area contributed by atoms with Gasteiger partial charge in [0.2, 0.25) is 0 Å². The molecule has 4 nitrogen and oxygen atoms in total. The zero-order valence-electron chi connectivity index (χ0n) is 11.9.